The molecule has 28 heavy (non-hydrogen) atoms. The van der Waals surface area contributed by atoms with Crippen LogP contribution in [0, 0.1) is 18.7 Å². The Morgan fingerprint density at radius 3 is 2.54 bits per heavy atom. The number of anilines is 1. The Morgan fingerprint density at radius 1 is 1.21 bits per heavy atom. The van der Waals surface area contributed by atoms with Gasteiger partial charge < -0.3 is 5.32 Å². The van der Waals surface area contributed by atoms with Gasteiger partial charge in [-0.1, -0.05) is 40.2 Å². The van der Waals surface area contributed by atoms with Crippen molar-refractivity contribution in [1.82, 2.24) is 4.31 Å². The fourth-order valence-corrected chi connectivity index (χ4v) is 5.28. The van der Waals surface area contributed by atoms with Crippen LogP contribution in [0.5, 0.6) is 0 Å². The number of sulfonamides is 1. The maximum Gasteiger partial charge on any atom is 0.227 e. The van der Waals surface area contributed by atoms with Crippen molar-refractivity contribution in [2.75, 3.05) is 18.4 Å². The fraction of sp³-hybridized carbons (Fsp3) is 0.350. The average Bonchev–Trinajstić information content (AvgIpc) is 2.66. The SMILES string of the molecule is Cc1ccccc1CS(=O)(=O)N1CCC(C(=O)Nc2ccc(Br)cc2F)CC1. The topological polar surface area (TPSA) is 66.5 Å². The summed E-state index contributed by atoms with van der Waals surface area (Å²) in [6.07, 6.45) is 0.827. The van der Waals surface area contributed by atoms with Gasteiger partial charge in [-0.15, -0.1) is 0 Å². The van der Waals surface area contributed by atoms with Crippen LogP contribution in [0.2, 0.25) is 0 Å². The molecule has 0 unspecified atom stereocenters. The minimum absolute atomic E-state index is 0.0410. The molecule has 1 aliphatic heterocycles. The van der Waals surface area contributed by atoms with E-state index in [0.717, 1.165) is 11.1 Å². The van der Waals surface area contributed by atoms with Crippen molar-refractivity contribution in [3.05, 3.63) is 63.9 Å². The Balaban J connectivity index is 1.59. The third-order valence-corrected chi connectivity index (χ3v) is 7.33. The second-order valence-corrected chi connectivity index (χ2v) is 9.85. The van der Waals surface area contributed by atoms with Gasteiger partial charge in [0.05, 0.1) is 11.4 Å². The normalized spacial score (nSPS) is 16.1. The van der Waals surface area contributed by atoms with E-state index in [9.17, 15) is 17.6 Å². The molecule has 1 fully saturated rings. The number of hydrogen-bond acceptors (Lipinski definition) is 3. The Bertz CT molecular complexity index is 973. The predicted molar refractivity (Wildman–Crippen MR) is 111 cm³/mol. The van der Waals surface area contributed by atoms with Gasteiger partial charge in [0.1, 0.15) is 5.82 Å². The highest BCUT2D eigenvalue weighted by Crippen LogP contribution is 2.25. The molecular weight excluding hydrogens is 447 g/mol. The quantitative estimate of drug-likeness (QED) is 0.718. The number of piperidine rings is 1. The summed E-state index contributed by atoms with van der Waals surface area (Å²) in [5.74, 6) is -1.17. The van der Waals surface area contributed by atoms with Crippen LogP contribution >= 0.6 is 15.9 Å². The molecule has 5 nitrogen and oxygen atoms in total. The van der Waals surface area contributed by atoms with Gasteiger partial charge in [0, 0.05) is 23.5 Å². The van der Waals surface area contributed by atoms with Crippen LogP contribution in [0.4, 0.5) is 10.1 Å². The monoisotopic (exact) mass is 468 g/mol. The van der Waals surface area contributed by atoms with Gasteiger partial charge in [-0.2, -0.15) is 0 Å². The molecule has 1 amide bonds. The van der Waals surface area contributed by atoms with Crippen LogP contribution in [0.15, 0.2) is 46.9 Å². The van der Waals surface area contributed by atoms with Crippen molar-refractivity contribution in [1.29, 1.82) is 0 Å². The molecule has 0 radical (unpaired) electrons. The summed E-state index contributed by atoms with van der Waals surface area (Å²) >= 11 is 3.18. The van der Waals surface area contributed by atoms with E-state index in [2.05, 4.69) is 21.2 Å². The van der Waals surface area contributed by atoms with Gasteiger partial charge in [0.15, 0.2) is 0 Å². The second kappa shape index (κ2) is 8.71. The summed E-state index contributed by atoms with van der Waals surface area (Å²) in [6.45, 7) is 2.47. The Labute approximate surface area is 173 Å². The molecule has 3 rings (SSSR count). The van der Waals surface area contributed by atoms with Crippen molar-refractivity contribution >= 4 is 37.5 Å². The molecule has 1 saturated heterocycles. The molecule has 0 atom stereocenters. The number of aryl methyl sites for hydroxylation is 1. The molecule has 2 aromatic carbocycles. The van der Waals surface area contributed by atoms with Crippen LogP contribution in [-0.2, 0) is 20.6 Å². The third-order valence-electron chi connectivity index (χ3n) is 5.01. The number of halogens is 2. The highest BCUT2D eigenvalue weighted by atomic mass is 79.9. The van der Waals surface area contributed by atoms with Gasteiger partial charge in [-0.3, -0.25) is 4.79 Å². The molecule has 1 N–H and O–H groups in total. The highest BCUT2D eigenvalue weighted by molar-refractivity contribution is 9.10. The lowest BCUT2D eigenvalue weighted by molar-refractivity contribution is -0.120. The zero-order valence-corrected chi connectivity index (χ0v) is 17.9. The summed E-state index contributed by atoms with van der Waals surface area (Å²) in [7, 11) is -3.44. The number of carbonyl (C=O) groups excluding carboxylic acids is 1. The van der Waals surface area contributed by atoms with Gasteiger partial charge in [-0.05, 0) is 49.1 Å². The van der Waals surface area contributed by atoms with Crippen LogP contribution in [0.1, 0.15) is 24.0 Å². The smallest absolute Gasteiger partial charge is 0.227 e. The van der Waals surface area contributed by atoms with E-state index in [1.807, 2.05) is 31.2 Å². The van der Waals surface area contributed by atoms with Crippen LogP contribution in [0.25, 0.3) is 0 Å². The van der Waals surface area contributed by atoms with Crippen molar-refractivity contribution < 1.29 is 17.6 Å². The van der Waals surface area contributed by atoms with Crippen LogP contribution < -0.4 is 5.32 Å². The summed E-state index contributed by atoms with van der Waals surface area (Å²) in [5.41, 5.74) is 1.85. The molecule has 8 heteroatoms. The Hall–Kier alpha value is -1.77. The molecule has 0 aromatic heterocycles. The fourth-order valence-electron chi connectivity index (χ4n) is 3.28. The van der Waals surface area contributed by atoms with Crippen LogP contribution in [-0.4, -0.2) is 31.7 Å². The minimum atomic E-state index is -3.44. The Kier molecular flexibility index (Phi) is 6.52. The van der Waals surface area contributed by atoms with E-state index in [4.69, 9.17) is 0 Å². The first-order valence-electron chi connectivity index (χ1n) is 9.04. The molecule has 0 saturated carbocycles. The van der Waals surface area contributed by atoms with Crippen molar-refractivity contribution in [2.24, 2.45) is 5.92 Å². The van der Waals surface area contributed by atoms with Crippen molar-refractivity contribution in [3.63, 3.8) is 0 Å². The second-order valence-electron chi connectivity index (χ2n) is 6.97. The van der Waals surface area contributed by atoms with Crippen molar-refractivity contribution in [2.45, 2.75) is 25.5 Å². The lowest BCUT2D eigenvalue weighted by atomic mass is 9.97. The maximum absolute atomic E-state index is 13.9. The highest BCUT2D eigenvalue weighted by Gasteiger charge is 2.31. The molecule has 150 valence electrons. The van der Waals surface area contributed by atoms with Crippen LogP contribution in [0.3, 0.4) is 0 Å². The first-order valence-corrected chi connectivity index (χ1v) is 11.4. The molecule has 0 bridgehead atoms. The zero-order chi connectivity index (χ0) is 20.3. The molecule has 0 spiro atoms. The summed E-state index contributed by atoms with van der Waals surface area (Å²) in [4.78, 5) is 12.4. The molecule has 1 heterocycles. The van der Waals surface area contributed by atoms with Crippen molar-refractivity contribution in [3.8, 4) is 0 Å². The maximum atomic E-state index is 13.9. The molecule has 1 aliphatic rings. The predicted octanol–water partition coefficient (Wildman–Crippen LogP) is 4.08. The standard InChI is InChI=1S/C20H22BrFN2O3S/c1-14-4-2-3-5-16(14)13-28(26,27)24-10-8-15(9-11-24)20(25)23-19-7-6-17(21)12-18(19)22/h2-7,12,15H,8-11,13H2,1H3,(H,23,25). The number of nitrogens with zero attached hydrogens (tertiary/aromatic N) is 1. The van der Waals surface area contributed by atoms with Gasteiger partial charge in [-0.25, -0.2) is 17.1 Å². The number of rotatable bonds is 5. The largest absolute Gasteiger partial charge is 0.323 e. The number of amides is 1. The van der Waals surface area contributed by atoms with E-state index in [0.29, 0.717) is 17.3 Å². The van der Waals surface area contributed by atoms with Gasteiger partial charge in [0.2, 0.25) is 15.9 Å². The van der Waals surface area contributed by atoms with E-state index in [1.165, 1.54) is 16.4 Å². The van der Waals surface area contributed by atoms with E-state index in [-0.39, 0.29) is 36.4 Å². The molecule has 2 aromatic rings. The Morgan fingerprint density at radius 2 is 1.89 bits per heavy atom. The number of benzene rings is 2. The number of hydrogen-bond donors (Lipinski definition) is 1. The summed E-state index contributed by atoms with van der Waals surface area (Å²) in [6, 6.07) is 11.9. The lowest BCUT2D eigenvalue weighted by Crippen LogP contribution is -2.42. The van der Waals surface area contributed by atoms with Gasteiger partial charge >= 0.3 is 0 Å². The molecular formula is C20H22BrFN2O3S. The van der Waals surface area contributed by atoms with E-state index >= 15 is 0 Å². The number of carbonyl (C=O) groups is 1. The lowest BCUT2D eigenvalue weighted by Gasteiger charge is -2.30. The zero-order valence-electron chi connectivity index (χ0n) is 15.5. The van der Waals surface area contributed by atoms with Gasteiger partial charge in [0.25, 0.3) is 0 Å². The summed E-state index contributed by atoms with van der Waals surface area (Å²) in [5, 5.41) is 2.61. The minimum Gasteiger partial charge on any atom is -0.323 e. The third kappa shape index (κ3) is 4.98. The summed E-state index contributed by atoms with van der Waals surface area (Å²) < 4.78 is 41.4. The average molecular weight is 469 g/mol. The molecule has 0 aliphatic carbocycles. The van der Waals surface area contributed by atoms with E-state index < -0.39 is 15.8 Å². The first-order chi connectivity index (χ1) is 13.3. The number of nitrogens with one attached hydrogen (secondary N) is 1. The first kappa shape index (κ1) is 21.0. The van der Waals surface area contributed by atoms with E-state index in [1.54, 1.807) is 6.07 Å².